The van der Waals surface area contributed by atoms with E-state index in [1.807, 2.05) is 55.1 Å². The Labute approximate surface area is 159 Å². The van der Waals surface area contributed by atoms with Crippen LogP contribution in [0, 0.1) is 5.92 Å². The van der Waals surface area contributed by atoms with Gasteiger partial charge in [0.25, 0.3) is 0 Å². The lowest BCUT2D eigenvalue weighted by Crippen LogP contribution is -2.27. The van der Waals surface area contributed by atoms with Crippen molar-refractivity contribution in [1.82, 2.24) is 0 Å². The Morgan fingerprint density at radius 3 is 2.38 bits per heavy atom. The van der Waals surface area contributed by atoms with Crippen molar-refractivity contribution in [1.29, 1.82) is 0 Å². The van der Waals surface area contributed by atoms with E-state index in [9.17, 15) is 9.59 Å². The van der Waals surface area contributed by atoms with Crippen LogP contribution in [0.1, 0.15) is 37.3 Å². The van der Waals surface area contributed by atoms with E-state index in [0.717, 1.165) is 23.4 Å². The molecular formula is C21H24N2O2S. The molecule has 136 valence electrons. The van der Waals surface area contributed by atoms with Gasteiger partial charge in [-0.05, 0) is 41.8 Å². The number of carbonyl (C=O) groups excluding carboxylic acids is 2. The Morgan fingerprint density at radius 1 is 1.15 bits per heavy atom. The first-order valence-electron chi connectivity index (χ1n) is 8.93. The number of nitrogens with one attached hydrogen (secondary N) is 1. The predicted octanol–water partition coefficient (Wildman–Crippen LogP) is 4.62. The fourth-order valence-corrected chi connectivity index (χ4v) is 4.04. The zero-order chi connectivity index (χ0) is 18.7. The highest BCUT2D eigenvalue weighted by Gasteiger charge is 2.33. The lowest BCUT2D eigenvalue weighted by molar-refractivity contribution is -0.119. The Morgan fingerprint density at radius 2 is 1.81 bits per heavy atom. The fraction of sp³-hybridized carbons (Fsp3) is 0.333. The summed E-state index contributed by atoms with van der Waals surface area (Å²) in [7, 11) is 0. The third-order valence-electron chi connectivity index (χ3n) is 4.48. The van der Waals surface area contributed by atoms with E-state index < -0.39 is 0 Å². The molecule has 0 aliphatic carbocycles. The molecule has 1 saturated heterocycles. The van der Waals surface area contributed by atoms with Crippen molar-refractivity contribution in [3.8, 4) is 0 Å². The van der Waals surface area contributed by atoms with E-state index in [4.69, 9.17) is 0 Å². The van der Waals surface area contributed by atoms with E-state index >= 15 is 0 Å². The summed E-state index contributed by atoms with van der Waals surface area (Å²) in [5, 5.41) is 2.86. The minimum absolute atomic E-state index is 0.000750. The molecule has 5 heteroatoms. The summed E-state index contributed by atoms with van der Waals surface area (Å²) in [6, 6.07) is 16.0. The molecule has 4 nitrogen and oxygen atoms in total. The van der Waals surface area contributed by atoms with Crippen LogP contribution in [-0.2, 0) is 16.0 Å². The second-order valence-corrected chi connectivity index (χ2v) is 7.78. The number of hydrogen-bond acceptors (Lipinski definition) is 3. The number of anilines is 2. The number of amides is 2. The molecule has 3 rings (SSSR count). The second-order valence-electron chi connectivity index (χ2n) is 6.71. The first kappa shape index (κ1) is 18.5. The third-order valence-corrected chi connectivity index (χ3v) is 5.69. The Kier molecular flexibility index (Phi) is 5.67. The molecule has 26 heavy (non-hydrogen) atoms. The van der Waals surface area contributed by atoms with Gasteiger partial charge in [-0.1, -0.05) is 45.0 Å². The highest BCUT2D eigenvalue weighted by atomic mass is 32.2. The van der Waals surface area contributed by atoms with Gasteiger partial charge < -0.3 is 5.32 Å². The summed E-state index contributed by atoms with van der Waals surface area (Å²) in [5.74, 6) is 0.549. The number of carbonyl (C=O) groups is 2. The highest BCUT2D eigenvalue weighted by molar-refractivity contribution is 8.00. The lowest BCUT2D eigenvalue weighted by atomic mass is 10.1. The molecule has 0 spiro atoms. The van der Waals surface area contributed by atoms with Crippen LogP contribution < -0.4 is 10.2 Å². The van der Waals surface area contributed by atoms with Gasteiger partial charge in [-0.3, -0.25) is 14.5 Å². The maximum atomic E-state index is 12.4. The molecule has 1 atom stereocenters. The quantitative estimate of drug-likeness (QED) is 0.838. The molecule has 1 aliphatic heterocycles. The zero-order valence-corrected chi connectivity index (χ0v) is 16.2. The van der Waals surface area contributed by atoms with Gasteiger partial charge in [0.15, 0.2) is 0 Å². The largest absolute Gasteiger partial charge is 0.326 e. The number of hydrogen-bond donors (Lipinski definition) is 1. The van der Waals surface area contributed by atoms with Gasteiger partial charge in [-0.15, -0.1) is 11.8 Å². The lowest BCUT2D eigenvalue weighted by Gasteiger charge is -2.24. The molecule has 2 amide bonds. The monoisotopic (exact) mass is 368 g/mol. The second kappa shape index (κ2) is 7.96. The Bertz CT molecular complexity index is 785. The fourth-order valence-electron chi connectivity index (χ4n) is 2.86. The van der Waals surface area contributed by atoms with Crippen LogP contribution in [-0.4, -0.2) is 17.6 Å². The standard InChI is InChI=1S/C21H24N2O2S/c1-4-15-5-11-18(12-6-15)23-19(24)13-26-21(23)16-7-9-17(10-8-16)22-20(25)14(2)3/h5-12,14,21H,4,13H2,1-3H3,(H,22,25)/t21-/m0/s1. The van der Waals surface area contributed by atoms with Crippen LogP contribution in [0.25, 0.3) is 0 Å². The Hall–Kier alpha value is -2.27. The van der Waals surface area contributed by atoms with E-state index in [1.54, 1.807) is 11.8 Å². The summed E-state index contributed by atoms with van der Waals surface area (Å²) in [4.78, 5) is 26.1. The maximum absolute atomic E-state index is 12.4. The number of rotatable bonds is 5. The molecule has 1 fully saturated rings. The minimum Gasteiger partial charge on any atom is -0.326 e. The number of nitrogens with zero attached hydrogens (tertiary/aromatic N) is 1. The van der Waals surface area contributed by atoms with E-state index in [1.165, 1.54) is 5.56 Å². The molecule has 1 heterocycles. The van der Waals surface area contributed by atoms with Crippen LogP contribution in [0.4, 0.5) is 11.4 Å². The third kappa shape index (κ3) is 3.93. The van der Waals surface area contributed by atoms with Crippen molar-refractivity contribution in [3.63, 3.8) is 0 Å². The topological polar surface area (TPSA) is 49.4 Å². The van der Waals surface area contributed by atoms with Gasteiger partial charge in [-0.2, -0.15) is 0 Å². The molecule has 0 bridgehead atoms. The molecule has 0 radical (unpaired) electrons. The maximum Gasteiger partial charge on any atom is 0.238 e. The molecule has 1 aliphatic rings. The molecule has 0 saturated carbocycles. The minimum atomic E-state index is -0.0562. The summed E-state index contributed by atoms with van der Waals surface area (Å²) in [6.45, 7) is 5.85. The van der Waals surface area contributed by atoms with Gasteiger partial charge in [0.05, 0.1) is 5.75 Å². The normalized spacial score (nSPS) is 17.0. The molecular weight excluding hydrogens is 344 g/mol. The highest BCUT2D eigenvalue weighted by Crippen LogP contribution is 2.42. The summed E-state index contributed by atoms with van der Waals surface area (Å²) in [5.41, 5.74) is 4.03. The van der Waals surface area contributed by atoms with Crippen molar-refractivity contribution >= 4 is 35.0 Å². The SMILES string of the molecule is CCc1ccc(N2C(=O)CS[C@H]2c2ccc(NC(=O)C(C)C)cc2)cc1. The molecule has 0 aromatic heterocycles. The molecule has 2 aromatic carbocycles. The molecule has 2 aromatic rings. The van der Waals surface area contributed by atoms with E-state index in [0.29, 0.717) is 5.75 Å². The van der Waals surface area contributed by atoms with Crippen LogP contribution in [0.15, 0.2) is 48.5 Å². The van der Waals surface area contributed by atoms with Gasteiger partial charge in [0.1, 0.15) is 5.37 Å². The number of thioether (sulfide) groups is 1. The van der Waals surface area contributed by atoms with Crippen molar-refractivity contribution in [2.24, 2.45) is 5.92 Å². The van der Waals surface area contributed by atoms with Crippen molar-refractivity contribution in [2.45, 2.75) is 32.6 Å². The van der Waals surface area contributed by atoms with Crippen LogP contribution in [0.2, 0.25) is 0 Å². The van der Waals surface area contributed by atoms with Gasteiger partial charge in [0, 0.05) is 17.3 Å². The van der Waals surface area contributed by atoms with Crippen LogP contribution in [0.5, 0.6) is 0 Å². The van der Waals surface area contributed by atoms with Gasteiger partial charge >= 0.3 is 0 Å². The van der Waals surface area contributed by atoms with Crippen molar-refractivity contribution < 1.29 is 9.59 Å². The van der Waals surface area contributed by atoms with Crippen molar-refractivity contribution in [2.75, 3.05) is 16.0 Å². The van der Waals surface area contributed by atoms with Crippen molar-refractivity contribution in [3.05, 3.63) is 59.7 Å². The van der Waals surface area contributed by atoms with Crippen LogP contribution >= 0.6 is 11.8 Å². The average Bonchev–Trinajstić information content (AvgIpc) is 3.04. The summed E-state index contributed by atoms with van der Waals surface area (Å²) in [6.07, 6.45) is 0.982. The first-order valence-corrected chi connectivity index (χ1v) is 9.98. The van der Waals surface area contributed by atoms with E-state index in [2.05, 4.69) is 24.4 Å². The summed E-state index contributed by atoms with van der Waals surface area (Å²) >= 11 is 1.63. The molecule has 0 unspecified atom stereocenters. The number of benzene rings is 2. The average molecular weight is 369 g/mol. The molecule has 1 N–H and O–H groups in total. The smallest absolute Gasteiger partial charge is 0.238 e. The van der Waals surface area contributed by atoms with E-state index in [-0.39, 0.29) is 23.1 Å². The van der Waals surface area contributed by atoms with Crippen LogP contribution in [0.3, 0.4) is 0 Å². The summed E-state index contributed by atoms with van der Waals surface area (Å²) < 4.78 is 0. The zero-order valence-electron chi connectivity index (χ0n) is 15.4. The number of aryl methyl sites for hydroxylation is 1. The predicted molar refractivity (Wildman–Crippen MR) is 108 cm³/mol. The first-order chi connectivity index (χ1) is 12.5. The van der Waals surface area contributed by atoms with Gasteiger partial charge in [0.2, 0.25) is 11.8 Å². The van der Waals surface area contributed by atoms with Gasteiger partial charge in [-0.25, -0.2) is 0 Å². The Balaban J connectivity index is 1.80.